The summed E-state index contributed by atoms with van der Waals surface area (Å²) in [5.41, 5.74) is 0.539. The van der Waals surface area contributed by atoms with E-state index in [0.29, 0.717) is 18.7 Å². The van der Waals surface area contributed by atoms with Crippen LogP contribution in [0.15, 0.2) is 48.8 Å². The number of carbonyl (C=O) groups is 1. The Hall–Kier alpha value is -2.27. The molecule has 0 fully saturated rings. The Labute approximate surface area is 129 Å². The summed E-state index contributed by atoms with van der Waals surface area (Å²) in [5.74, 6) is 1.36. The van der Waals surface area contributed by atoms with E-state index in [0.717, 1.165) is 11.5 Å². The molecule has 0 unspecified atom stereocenters. The molecule has 0 spiro atoms. The van der Waals surface area contributed by atoms with Crippen molar-refractivity contribution >= 4 is 18.3 Å². The maximum absolute atomic E-state index is 11.7. The van der Waals surface area contributed by atoms with Gasteiger partial charge in [0.25, 0.3) is 5.91 Å². The van der Waals surface area contributed by atoms with Gasteiger partial charge in [-0.2, -0.15) is 0 Å². The monoisotopic (exact) mass is 308 g/mol. The van der Waals surface area contributed by atoms with Gasteiger partial charge in [0, 0.05) is 12.4 Å². The third kappa shape index (κ3) is 5.31. The van der Waals surface area contributed by atoms with Crippen molar-refractivity contribution < 1.29 is 14.3 Å². The molecule has 0 bridgehead atoms. The van der Waals surface area contributed by atoms with E-state index in [2.05, 4.69) is 10.3 Å². The van der Waals surface area contributed by atoms with E-state index in [4.69, 9.17) is 9.47 Å². The van der Waals surface area contributed by atoms with Crippen molar-refractivity contribution in [2.75, 3.05) is 20.3 Å². The molecule has 1 aromatic heterocycles. The first-order valence-corrected chi connectivity index (χ1v) is 6.24. The number of halogens is 1. The lowest BCUT2D eigenvalue weighted by atomic mass is 10.3. The van der Waals surface area contributed by atoms with Crippen LogP contribution < -0.4 is 14.8 Å². The molecule has 21 heavy (non-hydrogen) atoms. The summed E-state index contributed by atoms with van der Waals surface area (Å²) in [6, 6.07) is 10.7. The number of pyridine rings is 1. The van der Waals surface area contributed by atoms with Gasteiger partial charge in [0.1, 0.15) is 18.1 Å². The van der Waals surface area contributed by atoms with E-state index in [9.17, 15) is 4.79 Å². The summed E-state index contributed by atoms with van der Waals surface area (Å²) >= 11 is 0. The van der Waals surface area contributed by atoms with E-state index in [1.807, 2.05) is 24.3 Å². The molecule has 1 amide bonds. The molecule has 6 heteroatoms. The number of nitrogens with zero attached hydrogens (tertiary/aromatic N) is 1. The van der Waals surface area contributed by atoms with Gasteiger partial charge in [-0.25, -0.2) is 0 Å². The summed E-state index contributed by atoms with van der Waals surface area (Å²) in [4.78, 5) is 15.6. The Bertz CT molecular complexity index is 547. The standard InChI is InChI=1S/C15H16N2O3.ClH/c1-19-13-4-6-14(7-5-13)20-10-9-17-15(18)12-3-2-8-16-11-12;/h2-8,11H,9-10H2,1H3,(H,17,18);1H. The molecule has 1 N–H and O–H groups in total. The topological polar surface area (TPSA) is 60.5 Å². The van der Waals surface area contributed by atoms with Crippen molar-refractivity contribution in [1.29, 1.82) is 0 Å². The fourth-order valence-corrected chi connectivity index (χ4v) is 1.60. The molecule has 5 nitrogen and oxygen atoms in total. The highest BCUT2D eigenvalue weighted by Crippen LogP contribution is 2.16. The normalized spacial score (nSPS) is 9.38. The average Bonchev–Trinajstić information content (AvgIpc) is 2.53. The molecule has 2 aromatic rings. The molecule has 1 heterocycles. The van der Waals surface area contributed by atoms with Crippen LogP contribution in [0.25, 0.3) is 0 Å². The summed E-state index contributed by atoms with van der Waals surface area (Å²) < 4.78 is 10.6. The van der Waals surface area contributed by atoms with Gasteiger partial charge >= 0.3 is 0 Å². The minimum atomic E-state index is -0.156. The predicted molar refractivity (Wildman–Crippen MR) is 82.3 cm³/mol. The first kappa shape index (κ1) is 16.8. The van der Waals surface area contributed by atoms with Gasteiger partial charge in [-0.1, -0.05) is 0 Å². The highest BCUT2D eigenvalue weighted by molar-refractivity contribution is 5.93. The second-order valence-corrected chi connectivity index (χ2v) is 4.02. The number of hydrogen-bond donors (Lipinski definition) is 1. The van der Waals surface area contributed by atoms with Gasteiger partial charge in [-0.3, -0.25) is 9.78 Å². The summed E-state index contributed by atoms with van der Waals surface area (Å²) in [6.45, 7) is 0.831. The van der Waals surface area contributed by atoms with Gasteiger partial charge in [0.05, 0.1) is 19.2 Å². The number of nitrogens with one attached hydrogen (secondary N) is 1. The van der Waals surface area contributed by atoms with Crippen LogP contribution in [0.3, 0.4) is 0 Å². The van der Waals surface area contributed by atoms with Gasteiger partial charge in [-0.05, 0) is 36.4 Å². The molecule has 0 saturated carbocycles. The molecule has 0 aliphatic rings. The predicted octanol–water partition coefficient (Wildman–Crippen LogP) is 2.32. The largest absolute Gasteiger partial charge is 0.497 e. The first-order chi connectivity index (χ1) is 9.79. The third-order valence-corrected chi connectivity index (χ3v) is 2.64. The van der Waals surface area contributed by atoms with Crippen LogP contribution >= 0.6 is 12.4 Å². The summed E-state index contributed by atoms with van der Waals surface area (Å²) in [7, 11) is 1.61. The second-order valence-electron chi connectivity index (χ2n) is 4.02. The van der Waals surface area contributed by atoms with E-state index in [1.54, 1.807) is 25.4 Å². The van der Waals surface area contributed by atoms with Crippen molar-refractivity contribution in [1.82, 2.24) is 10.3 Å². The van der Waals surface area contributed by atoms with Crippen LogP contribution in [0.2, 0.25) is 0 Å². The van der Waals surface area contributed by atoms with E-state index in [1.165, 1.54) is 6.20 Å². The minimum absolute atomic E-state index is 0. The minimum Gasteiger partial charge on any atom is -0.497 e. The van der Waals surface area contributed by atoms with Gasteiger partial charge in [0.15, 0.2) is 0 Å². The molecule has 1 aromatic carbocycles. The number of carbonyl (C=O) groups excluding carboxylic acids is 1. The van der Waals surface area contributed by atoms with Crippen molar-refractivity contribution in [3.8, 4) is 11.5 Å². The number of amides is 1. The molecular formula is C15H17ClN2O3. The molecule has 0 aliphatic heterocycles. The highest BCUT2D eigenvalue weighted by atomic mass is 35.5. The van der Waals surface area contributed by atoms with Crippen LogP contribution in [-0.4, -0.2) is 31.2 Å². The maximum atomic E-state index is 11.7. The van der Waals surface area contributed by atoms with Crippen LogP contribution in [0, 0.1) is 0 Å². The second kappa shape index (κ2) is 8.81. The Kier molecular flexibility index (Phi) is 7.04. The SMILES string of the molecule is COc1ccc(OCCNC(=O)c2cccnc2)cc1.Cl. The van der Waals surface area contributed by atoms with E-state index in [-0.39, 0.29) is 18.3 Å². The number of hydrogen-bond acceptors (Lipinski definition) is 4. The fourth-order valence-electron chi connectivity index (χ4n) is 1.60. The zero-order valence-electron chi connectivity index (χ0n) is 11.6. The number of aromatic nitrogens is 1. The lowest BCUT2D eigenvalue weighted by Gasteiger charge is -2.08. The fraction of sp³-hybridized carbons (Fsp3) is 0.200. The third-order valence-electron chi connectivity index (χ3n) is 2.64. The van der Waals surface area contributed by atoms with Crippen LogP contribution in [0.5, 0.6) is 11.5 Å². The van der Waals surface area contributed by atoms with Crippen molar-refractivity contribution in [3.05, 3.63) is 54.4 Å². The van der Waals surface area contributed by atoms with E-state index >= 15 is 0 Å². The molecule has 0 atom stereocenters. The number of rotatable bonds is 6. The summed E-state index contributed by atoms with van der Waals surface area (Å²) in [5, 5.41) is 2.76. The molecule has 0 radical (unpaired) electrons. The van der Waals surface area contributed by atoms with Crippen LogP contribution in [-0.2, 0) is 0 Å². The zero-order chi connectivity index (χ0) is 14.2. The van der Waals surface area contributed by atoms with Crippen LogP contribution in [0.4, 0.5) is 0 Å². The lowest BCUT2D eigenvalue weighted by Crippen LogP contribution is -2.28. The summed E-state index contributed by atoms with van der Waals surface area (Å²) in [6.07, 6.45) is 3.16. The lowest BCUT2D eigenvalue weighted by molar-refractivity contribution is 0.0946. The molecule has 0 aliphatic carbocycles. The van der Waals surface area contributed by atoms with E-state index < -0.39 is 0 Å². The Morgan fingerprint density at radius 3 is 2.52 bits per heavy atom. The van der Waals surface area contributed by atoms with Gasteiger partial charge in [-0.15, -0.1) is 12.4 Å². The Morgan fingerprint density at radius 1 is 1.19 bits per heavy atom. The number of methoxy groups -OCH3 is 1. The first-order valence-electron chi connectivity index (χ1n) is 6.24. The Morgan fingerprint density at radius 2 is 1.90 bits per heavy atom. The maximum Gasteiger partial charge on any atom is 0.252 e. The van der Waals surface area contributed by atoms with Crippen molar-refractivity contribution in [3.63, 3.8) is 0 Å². The smallest absolute Gasteiger partial charge is 0.252 e. The van der Waals surface area contributed by atoms with Crippen LogP contribution in [0.1, 0.15) is 10.4 Å². The van der Waals surface area contributed by atoms with Crippen molar-refractivity contribution in [2.45, 2.75) is 0 Å². The zero-order valence-corrected chi connectivity index (χ0v) is 12.4. The van der Waals surface area contributed by atoms with Crippen molar-refractivity contribution in [2.24, 2.45) is 0 Å². The number of benzene rings is 1. The van der Waals surface area contributed by atoms with Gasteiger partial charge in [0.2, 0.25) is 0 Å². The molecular weight excluding hydrogens is 292 g/mol. The molecule has 0 saturated heterocycles. The molecule has 2 rings (SSSR count). The highest BCUT2D eigenvalue weighted by Gasteiger charge is 2.03. The average molecular weight is 309 g/mol. The Balaban J connectivity index is 0.00000220. The quantitative estimate of drug-likeness (QED) is 0.832. The van der Waals surface area contributed by atoms with Gasteiger partial charge < -0.3 is 14.8 Å². The number of ether oxygens (including phenoxy) is 2. The molecule has 112 valence electrons.